The van der Waals surface area contributed by atoms with Crippen LogP contribution >= 0.6 is 0 Å². The number of methoxy groups -OCH3 is 1. The standard InChI is InChI=1S/C21H30FN5O2/c1-16-13-17(2)27(24-16)8-4-7-23-21(28)26-11-9-25(10-12-26)15-18-14-19(22)5-6-20(18)29-3/h5-6,13-14H,4,7-12,15H2,1-3H3,(H,23,28). The maximum atomic E-state index is 13.5. The molecule has 1 aromatic carbocycles. The number of hydrogen-bond acceptors (Lipinski definition) is 4. The minimum Gasteiger partial charge on any atom is -0.496 e. The number of nitrogens with one attached hydrogen (secondary N) is 1. The van der Waals surface area contributed by atoms with Gasteiger partial charge in [0.15, 0.2) is 0 Å². The molecule has 2 heterocycles. The zero-order valence-corrected chi connectivity index (χ0v) is 17.4. The molecule has 1 aliphatic heterocycles. The fraction of sp³-hybridized carbons (Fsp3) is 0.524. The summed E-state index contributed by atoms with van der Waals surface area (Å²) in [6.07, 6.45) is 0.840. The molecule has 1 aromatic heterocycles. The van der Waals surface area contributed by atoms with Gasteiger partial charge in [0.2, 0.25) is 0 Å². The first kappa shape index (κ1) is 21.1. The van der Waals surface area contributed by atoms with Gasteiger partial charge >= 0.3 is 6.03 Å². The first-order valence-corrected chi connectivity index (χ1v) is 10.0. The number of carbonyl (C=O) groups excluding carboxylic acids is 1. The fourth-order valence-electron chi connectivity index (χ4n) is 3.66. The summed E-state index contributed by atoms with van der Waals surface area (Å²) in [6.45, 7) is 8.85. The summed E-state index contributed by atoms with van der Waals surface area (Å²) in [7, 11) is 1.59. The van der Waals surface area contributed by atoms with Gasteiger partial charge in [-0.05, 0) is 44.5 Å². The number of carbonyl (C=O) groups is 1. The lowest BCUT2D eigenvalue weighted by Gasteiger charge is -2.34. The molecule has 29 heavy (non-hydrogen) atoms. The smallest absolute Gasteiger partial charge is 0.317 e. The average Bonchev–Trinajstić information content (AvgIpc) is 3.03. The number of aromatic nitrogens is 2. The highest BCUT2D eigenvalue weighted by molar-refractivity contribution is 5.74. The van der Waals surface area contributed by atoms with Crippen LogP contribution in [0.5, 0.6) is 5.75 Å². The number of urea groups is 1. The van der Waals surface area contributed by atoms with E-state index in [2.05, 4.69) is 21.4 Å². The van der Waals surface area contributed by atoms with E-state index in [-0.39, 0.29) is 11.8 Å². The third-order valence-electron chi connectivity index (χ3n) is 5.22. The van der Waals surface area contributed by atoms with E-state index in [0.717, 1.165) is 43.0 Å². The number of aryl methyl sites for hydroxylation is 3. The van der Waals surface area contributed by atoms with Crippen LogP contribution in [0, 0.1) is 19.7 Å². The van der Waals surface area contributed by atoms with Crippen molar-refractivity contribution >= 4 is 6.03 Å². The quantitative estimate of drug-likeness (QED) is 0.722. The van der Waals surface area contributed by atoms with Crippen LogP contribution < -0.4 is 10.1 Å². The Bertz CT molecular complexity index is 830. The molecule has 1 saturated heterocycles. The van der Waals surface area contributed by atoms with Crippen molar-refractivity contribution in [1.29, 1.82) is 0 Å². The van der Waals surface area contributed by atoms with Gasteiger partial charge < -0.3 is 15.0 Å². The van der Waals surface area contributed by atoms with Crippen molar-refractivity contribution in [2.24, 2.45) is 0 Å². The minimum absolute atomic E-state index is 0.0265. The molecule has 8 heteroatoms. The number of ether oxygens (including phenoxy) is 1. The van der Waals surface area contributed by atoms with E-state index in [1.165, 1.54) is 12.1 Å². The summed E-state index contributed by atoms with van der Waals surface area (Å²) in [5.74, 6) is 0.425. The maximum Gasteiger partial charge on any atom is 0.317 e. The molecule has 2 aromatic rings. The van der Waals surface area contributed by atoms with Gasteiger partial charge in [-0.2, -0.15) is 5.10 Å². The van der Waals surface area contributed by atoms with Crippen LogP contribution in [0.15, 0.2) is 24.3 Å². The van der Waals surface area contributed by atoms with Gasteiger partial charge in [0.1, 0.15) is 11.6 Å². The Morgan fingerprint density at radius 1 is 1.21 bits per heavy atom. The number of amides is 2. The number of benzene rings is 1. The summed E-state index contributed by atoms with van der Waals surface area (Å²) < 4.78 is 20.8. The lowest BCUT2D eigenvalue weighted by Crippen LogP contribution is -2.51. The van der Waals surface area contributed by atoms with Crippen LogP contribution in [0.3, 0.4) is 0 Å². The Kier molecular flexibility index (Phi) is 7.09. The van der Waals surface area contributed by atoms with Crippen LogP contribution in [-0.4, -0.2) is 65.4 Å². The predicted molar refractivity (Wildman–Crippen MR) is 110 cm³/mol. The first-order chi connectivity index (χ1) is 14.0. The number of rotatable bonds is 7. The molecule has 0 aliphatic carbocycles. The van der Waals surface area contributed by atoms with Gasteiger partial charge in [-0.25, -0.2) is 9.18 Å². The Hall–Kier alpha value is -2.61. The van der Waals surface area contributed by atoms with Gasteiger partial charge in [0, 0.05) is 57.1 Å². The van der Waals surface area contributed by atoms with E-state index in [0.29, 0.717) is 31.9 Å². The lowest BCUT2D eigenvalue weighted by atomic mass is 10.1. The Morgan fingerprint density at radius 2 is 1.97 bits per heavy atom. The summed E-state index contributed by atoms with van der Waals surface area (Å²) in [5, 5.41) is 7.43. The summed E-state index contributed by atoms with van der Waals surface area (Å²) in [5.41, 5.74) is 2.98. The summed E-state index contributed by atoms with van der Waals surface area (Å²) in [6, 6.07) is 6.60. The Morgan fingerprint density at radius 3 is 2.62 bits per heavy atom. The highest BCUT2D eigenvalue weighted by atomic mass is 19.1. The molecule has 0 atom stereocenters. The molecule has 0 unspecified atom stereocenters. The van der Waals surface area contributed by atoms with Crippen molar-refractivity contribution in [3.8, 4) is 5.75 Å². The van der Waals surface area contributed by atoms with Crippen LogP contribution in [-0.2, 0) is 13.1 Å². The summed E-state index contributed by atoms with van der Waals surface area (Å²) in [4.78, 5) is 16.4. The third kappa shape index (κ3) is 5.69. The molecular weight excluding hydrogens is 373 g/mol. The normalized spacial score (nSPS) is 14.8. The van der Waals surface area contributed by atoms with Crippen LogP contribution in [0.4, 0.5) is 9.18 Å². The van der Waals surface area contributed by atoms with Crippen LogP contribution in [0.25, 0.3) is 0 Å². The molecule has 0 spiro atoms. The molecule has 0 saturated carbocycles. The van der Waals surface area contributed by atoms with E-state index in [4.69, 9.17) is 4.74 Å². The van der Waals surface area contributed by atoms with E-state index in [9.17, 15) is 9.18 Å². The van der Waals surface area contributed by atoms with E-state index in [1.54, 1.807) is 13.2 Å². The zero-order chi connectivity index (χ0) is 20.8. The van der Waals surface area contributed by atoms with E-state index >= 15 is 0 Å². The number of hydrogen-bond donors (Lipinski definition) is 1. The number of halogens is 1. The van der Waals surface area contributed by atoms with Gasteiger partial charge in [-0.15, -0.1) is 0 Å². The van der Waals surface area contributed by atoms with Gasteiger partial charge in [0.05, 0.1) is 12.8 Å². The molecular formula is C21H30FN5O2. The van der Waals surface area contributed by atoms with Crippen molar-refractivity contribution in [3.05, 3.63) is 47.0 Å². The molecule has 7 nitrogen and oxygen atoms in total. The lowest BCUT2D eigenvalue weighted by molar-refractivity contribution is 0.134. The van der Waals surface area contributed by atoms with Gasteiger partial charge in [-0.3, -0.25) is 9.58 Å². The second-order valence-electron chi connectivity index (χ2n) is 7.46. The fourth-order valence-corrected chi connectivity index (χ4v) is 3.66. The van der Waals surface area contributed by atoms with Gasteiger partial charge in [-0.1, -0.05) is 0 Å². The third-order valence-corrected chi connectivity index (χ3v) is 5.22. The summed E-state index contributed by atoms with van der Waals surface area (Å²) >= 11 is 0. The second-order valence-corrected chi connectivity index (χ2v) is 7.46. The highest BCUT2D eigenvalue weighted by Crippen LogP contribution is 2.21. The van der Waals surface area contributed by atoms with Crippen molar-refractivity contribution in [2.45, 2.75) is 33.4 Å². The molecule has 158 valence electrons. The SMILES string of the molecule is COc1ccc(F)cc1CN1CCN(C(=O)NCCCn2nc(C)cc2C)CC1. The maximum absolute atomic E-state index is 13.5. The van der Waals surface area contributed by atoms with Crippen LogP contribution in [0.2, 0.25) is 0 Å². The Labute approximate surface area is 171 Å². The van der Waals surface area contributed by atoms with Crippen molar-refractivity contribution < 1.29 is 13.9 Å². The van der Waals surface area contributed by atoms with Crippen molar-refractivity contribution in [1.82, 2.24) is 24.9 Å². The zero-order valence-electron chi connectivity index (χ0n) is 17.4. The van der Waals surface area contributed by atoms with Crippen molar-refractivity contribution in [3.63, 3.8) is 0 Å². The molecule has 0 bridgehead atoms. The van der Waals surface area contributed by atoms with E-state index < -0.39 is 0 Å². The van der Waals surface area contributed by atoms with Crippen molar-refractivity contribution in [2.75, 3.05) is 39.8 Å². The molecule has 1 fully saturated rings. The van der Waals surface area contributed by atoms with Gasteiger partial charge in [0.25, 0.3) is 0 Å². The monoisotopic (exact) mass is 403 g/mol. The average molecular weight is 404 g/mol. The predicted octanol–water partition coefficient (Wildman–Crippen LogP) is 2.57. The largest absolute Gasteiger partial charge is 0.496 e. The van der Waals surface area contributed by atoms with Crippen LogP contribution in [0.1, 0.15) is 23.4 Å². The molecule has 0 radical (unpaired) electrons. The number of piperazine rings is 1. The molecule has 1 N–H and O–H groups in total. The molecule has 1 aliphatic rings. The number of nitrogens with zero attached hydrogens (tertiary/aromatic N) is 4. The topological polar surface area (TPSA) is 62.6 Å². The highest BCUT2D eigenvalue weighted by Gasteiger charge is 2.21. The molecule has 3 rings (SSSR count). The Balaban J connectivity index is 1.39. The van der Waals surface area contributed by atoms with E-state index in [1.807, 2.05) is 23.4 Å². The first-order valence-electron chi connectivity index (χ1n) is 10.0. The second kappa shape index (κ2) is 9.73. The minimum atomic E-state index is -0.265. The molecule has 2 amide bonds.